The highest BCUT2D eigenvalue weighted by Gasteiger charge is 2.41. The highest BCUT2D eigenvalue weighted by Crippen LogP contribution is 2.43. The zero-order valence-electron chi connectivity index (χ0n) is 12.7. The average Bonchev–Trinajstić information content (AvgIpc) is 2.76. The molecule has 1 aliphatic rings. The molecule has 3 heteroatoms. The van der Waals surface area contributed by atoms with Crippen molar-refractivity contribution in [2.45, 2.75) is 53.1 Å². The summed E-state index contributed by atoms with van der Waals surface area (Å²) in [7, 11) is 0. The Morgan fingerprint density at radius 2 is 2.16 bits per heavy atom. The Balaban J connectivity index is 1.87. The fourth-order valence-electron chi connectivity index (χ4n) is 3.25. The zero-order chi connectivity index (χ0) is 14.0. The van der Waals surface area contributed by atoms with Gasteiger partial charge in [0, 0.05) is 17.5 Å². The van der Waals surface area contributed by atoms with E-state index in [1.54, 1.807) is 0 Å². The van der Waals surface area contributed by atoms with E-state index in [0.29, 0.717) is 17.4 Å². The Bertz CT molecular complexity index is 411. The summed E-state index contributed by atoms with van der Waals surface area (Å²) in [6.45, 7) is 11.4. The van der Waals surface area contributed by atoms with Crippen LogP contribution in [0.2, 0.25) is 0 Å². The monoisotopic (exact) mass is 280 g/mol. The summed E-state index contributed by atoms with van der Waals surface area (Å²) in [5, 5.41) is 5.84. The van der Waals surface area contributed by atoms with Crippen LogP contribution in [0.4, 0.5) is 0 Å². The highest BCUT2D eigenvalue weighted by molar-refractivity contribution is 7.10. The second-order valence-electron chi connectivity index (χ2n) is 6.71. The van der Waals surface area contributed by atoms with Crippen molar-refractivity contribution in [1.82, 2.24) is 5.32 Å². The van der Waals surface area contributed by atoms with Crippen LogP contribution in [-0.2, 0) is 6.54 Å². The maximum absolute atomic E-state index is 6.22. The number of nitrogens with one attached hydrogen (secondary N) is 1. The first-order valence-corrected chi connectivity index (χ1v) is 8.30. The molecule has 0 aliphatic heterocycles. The first-order chi connectivity index (χ1) is 8.93. The fraction of sp³-hybridized carbons (Fsp3) is 0.750. The second-order valence-corrected chi connectivity index (χ2v) is 7.71. The topological polar surface area (TPSA) is 38.0 Å². The van der Waals surface area contributed by atoms with E-state index in [1.807, 2.05) is 11.3 Å². The predicted octanol–water partition coefficient (Wildman–Crippen LogP) is 3.55. The lowest BCUT2D eigenvalue weighted by Gasteiger charge is -2.47. The molecule has 1 aromatic rings. The third-order valence-electron chi connectivity index (χ3n) is 5.36. The molecule has 0 amide bonds. The van der Waals surface area contributed by atoms with Gasteiger partial charge in [-0.2, -0.15) is 0 Å². The van der Waals surface area contributed by atoms with E-state index in [2.05, 4.69) is 44.5 Å². The Morgan fingerprint density at radius 3 is 2.79 bits per heavy atom. The van der Waals surface area contributed by atoms with E-state index in [4.69, 9.17) is 5.73 Å². The Kier molecular flexibility index (Phi) is 4.70. The van der Waals surface area contributed by atoms with Crippen molar-refractivity contribution in [3.8, 4) is 0 Å². The molecule has 3 unspecified atom stereocenters. The lowest BCUT2D eigenvalue weighted by Crippen LogP contribution is -2.49. The van der Waals surface area contributed by atoms with Crippen LogP contribution in [0, 0.1) is 24.2 Å². The molecule has 1 fully saturated rings. The first-order valence-electron chi connectivity index (χ1n) is 7.42. The van der Waals surface area contributed by atoms with Crippen LogP contribution in [0.3, 0.4) is 0 Å². The predicted molar refractivity (Wildman–Crippen MR) is 84.4 cm³/mol. The lowest BCUT2D eigenvalue weighted by molar-refractivity contribution is 0.0539. The fourth-order valence-corrected chi connectivity index (χ4v) is 4.13. The molecule has 3 N–H and O–H groups in total. The number of hydrogen-bond donors (Lipinski definition) is 2. The molecule has 2 nitrogen and oxygen atoms in total. The Labute approximate surface area is 121 Å². The normalized spacial score (nSPS) is 30.5. The van der Waals surface area contributed by atoms with Gasteiger partial charge >= 0.3 is 0 Å². The van der Waals surface area contributed by atoms with Gasteiger partial charge in [-0.1, -0.05) is 20.8 Å². The van der Waals surface area contributed by atoms with E-state index in [-0.39, 0.29) is 0 Å². The average molecular weight is 280 g/mol. The van der Waals surface area contributed by atoms with Gasteiger partial charge in [0.15, 0.2) is 0 Å². The van der Waals surface area contributed by atoms with Crippen molar-refractivity contribution in [3.05, 3.63) is 21.9 Å². The van der Waals surface area contributed by atoms with Crippen molar-refractivity contribution in [3.63, 3.8) is 0 Å². The molecule has 1 heterocycles. The minimum Gasteiger partial charge on any atom is -0.327 e. The molecule has 0 bridgehead atoms. The van der Waals surface area contributed by atoms with Crippen LogP contribution in [0.25, 0.3) is 0 Å². The highest BCUT2D eigenvalue weighted by atomic mass is 32.1. The molecule has 1 aliphatic carbocycles. The van der Waals surface area contributed by atoms with E-state index in [0.717, 1.165) is 19.0 Å². The maximum atomic E-state index is 6.22. The Hall–Kier alpha value is -0.380. The number of thiophene rings is 1. The third-order valence-corrected chi connectivity index (χ3v) is 6.38. The molecule has 108 valence electrons. The smallest absolute Gasteiger partial charge is 0.0302 e. The number of nitrogens with two attached hydrogens (primary N) is 1. The molecule has 1 saturated carbocycles. The van der Waals surface area contributed by atoms with Gasteiger partial charge in [-0.3, -0.25) is 0 Å². The molecule has 0 aromatic carbocycles. The van der Waals surface area contributed by atoms with Gasteiger partial charge in [0.2, 0.25) is 0 Å². The number of aryl methyl sites for hydroxylation is 1. The molecule has 0 radical (unpaired) electrons. The van der Waals surface area contributed by atoms with E-state index in [9.17, 15) is 0 Å². The van der Waals surface area contributed by atoms with Crippen molar-refractivity contribution in [2.75, 3.05) is 6.54 Å². The summed E-state index contributed by atoms with van der Waals surface area (Å²) in [5.41, 5.74) is 7.98. The van der Waals surface area contributed by atoms with Crippen LogP contribution >= 0.6 is 11.3 Å². The van der Waals surface area contributed by atoms with Crippen molar-refractivity contribution in [2.24, 2.45) is 23.0 Å². The van der Waals surface area contributed by atoms with E-state index in [1.165, 1.54) is 23.3 Å². The SMILES string of the molecule is Cc1ccsc1CNCC1CCC(N)C(C)C1(C)C. The molecule has 1 aromatic heterocycles. The van der Waals surface area contributed by atoms with Crippen LogP contribution in [-0.4, -0.2) is 12.6 Å². The summed E-state index contributed by atoms with van der Waals surface area (Å²) >= 11 is 1.85. The van der Waals surface area contributed by atoms with Crippen LogP contribution in [0.1, 0.15) is 44.1 Å². The standard InChI is InChI=1S/C16H28N2S/c1-11-7-8-19-15(11)10-18-9-13-5-6-14(17)12(2)16(13,3)4/h7-8,12-14,18H,5-6,9-10,17H2,1-4H3. The zero-order valence-corrected chi connectivity index (χ0v) is 13.5. The molecule has 2 rings (SSSR count). The van der Waals surface area contributed by atoms with Crippen molar-refractivity contribution in [1.29, 1.82) is 0 Å². The maximum Gasteiger partial charge on any atom is 0.0302 e. The van der Waals surface area contributed by atoms with Crippen molar-refractivity contribution >= 4 is 11.3 Å². The van der Waals surface area contributed by atoms with Gasteiger partial charge < -0.3 is 11.1 Å². The minimum atomic E-state index is 0.342. The molecule has 0 saturated heterocycles. The van der Waals surface area contributed by atoms with Gasteiger partial charge in [0.05, 0.1) is 0 Å². The number of hydrogen-bond acceptors (Lipinski definition) is 3. The summed E-state index contributed by atoms with van der Waals surface area (Å²) < 4.78 is 0. The summed E-state index contributed by atoms with van der Waals surface area (Å²) in [6, 6.07) is 2.58. The quantitative estimate of drug-likeness (QED) is 0.885. The van der Waals surface area contributed by atoms with Gasteiger partial charge in [-0.05, 0) is 60.6 Å². The van der Waals surface area contributed by atoms with E-state index < -0.39 is 0 Å². The molecule has 0 spiro atoms. The Morgan fingerprint density at radius 1 is 1.42 bits per heavy atom. The number of rotatable bonds is 4. The van der Waals surface area contributed by atoms with Gasteiger partial charge in [0.25, 0.3) is 0 Å². The van der Waals surface area contributed by atoms with Gasteiger partial charge in [0.1, 0.15) is 0 Å². The van der Waals surface area contributed by atoms with Gasteiger partial charge in [-0.25, -0.2) is 0 Å². The summed E-state index contributed by atoms with van der Waals surface area (Å²) in [6.07, 6.45) is 2.43. The lowest BCUT2D eigenvalue weighted by atomic mass is 9.61. The van der Waals surface area contributed by atoms with Crippen molar-refractivity contribution < 1.29 is 0 Å². The molecular weight excluding hydrogens is 252 g/mol. The largest absolute Gasteiger partial charge is 0.327 e. The molecule has 19 heavy (non-hydrogen) atoms. The minimum absolute atomic E-state index is 0.342. The second kappa shape index (κ2) is 5.94. The van der Waals surface area contributed by atoms with Gasteiger partial charge in [-0.15, -0.1) is 11.3 Å². The van der Waals surface area contributed by atoms with Crippen LogP contribution in [0.5, 0.6) is 0 Å². The third kappa shape index (κ3) is 3.21. The summed E-state index contributed by atoms with van der Waals surface area (Å²) in [4.78, 5) is 1.47. The molecule has 3 atom stereocenters. The van der Waals surface area contributed by atoms with Crippen LogP contribution in [0.15, 0.2) is 11.4 Å². The van der Waals surface area contributed by atoms with E-state index >= 15 is 0 Å². The molecular formula is C16H28N2S. The summed E-state index contributed by atoms with van der Waals surface area (Å²) in [5.74, 6) is 1.35. The van der Waals surface area contributed by atoms with Crippen LogP contribution < -0.4 is 11.1 Å². The first kappa shape index (κ1) is 15.0.